The molecule has 5 nitrogen and oxygen atoms in total. The van der Waals surface area contributed by atoms with Gasteiger partial charge in [0.2, 0.25) is 5.91 Å². The number of aryl methyl sites for hydroxylation is 1. The fraction of sp³-hybridized carbons (Fsp3) is 0.692. The van der Waals surface area contributed by atoms with Gasteiger partial charge in [0, 0.05) is 32.0 Å². The van der Waals surface area contributed by atoms with Crippen molar-refractivity contribution < 1.29 is 4.79 Å². The minimum Gasteiger partial charge on any atom is -0.354 e. The number of rotatable bonds is 7. The Bertz CT molecular complexity index is 374. The molecule has 0 spiro atoms. The molecule has 1 heterocycles. The fourth-order valence-corrected chi connectivity index (χ4v) is 2.07. The summed E-state index contributed by atoms with van der Waals surface area (Å²) in [6, 6.07) is 0. The van der Waals surface area contributed by atoms with Crippen LogP contribution in [-0.2, 0) is 11.3 Å². The Kier molecular flexibility index (Phi) is 5.34. The van der Waals surface area contributed by atoms with Crippen LogP contribution in [0.1, 0.15) is 32.5 Å². The van der Waals surface area contributed by atoms with E-state index in [0.717, 1.165) is 25.2 Å². The van der Waals surface area contributed by atoms with Gasteiger partial charge >= 0.3 is 0 Å². The number of nitrogens with one attached hydrogen (secondary N) is 1. The highest BCUT2D eigenvalue weighted by molar-refractivity contribution is 5.82. The number of amides is 1. The van der Waals surface area contributed by atoms with Crippen molar-refractivity contribution in [3.05, 3.63) is 18.2 Å². The first kappa shape index (κ1) is 14.7. The molecule has 18 heavy (non-hydrogen) atoms. The van der Waals surface area contributed by atoms with Crippen molar-refractivity contribution in [2.75, 3.05) is 13.1 Å². The lowest BCUT2D eigenvalue weighted by atomic mass is 9.81. The van der Waals surface area contributed by atoms with E-state index < -0.39 is 5.41 Å². The maximum atomic E-state index is 12.2. The summed E-state index contributed by atoms with van der Waals surface area (Å²) in [5.41, 5.74) is 5.33. The Morgan fingerprint density at radius 1 is 1.50 bits per heavy atom. The predicted octanol–water partition coefficient (Wildman–Crippen LogP) is 1.07. The van der Waals surface area contributed by atoms with E-state index in [1.165, 1.54) is 0 Å². The van der Waals surface area contributed by atoms with Gasteiger partial charge in [-0.3, -0.25) is 4.79 Å². The van der Waals surface area contributed by atoms with Crippen molar-refractivity contribution in [1.82, 2.24) is 14.9 Å². The van der Waals surface area contributed by atoms with Crippen molar-refractivity contribution >= 4 is 5.91 Å². The van der Waals surface area contributed by atoms with E-state index >= 15 is 0 Å². The van der Waals surface area contributed by atoms with E-state index in [0.29, 0.717) is 13.1 Å². The highest BCUT2D eigenvalue weighted by Crippen LogP contribution is 2.24. The van der Waals surface area contributed by atoms with Gasteiger partial charge in [-0.25, -0.2) is 4.98 Å². The lowest BCUT2D eigenvalue weighted by Crippen LogP contribution is -2.46. The minimum atomic E-state index is -0.413. The molecule has 0 saturated heterocycles. The second kappa shape index (κ2) is 6.54. The zero-order valence-corrected chi connectivity index (χ0v) is 11.6. The molecule has 1 aromatic rings. The molecular formula is C13H24N4O. The van der Waals surface area contributed by atoms with Gasteiger partial charge in [0.15, 0.2) is 0 Å². The van der Waals surface area contributed by atoms with E-state index in [1.54, 1.807) is 6.20 Å². The summed E-state index contributed by atoms with van der Waals surface area (Å²) in [7, 11) is 0. The van der Waals surface area contributed by atoms with Crippen LogP contribution < -0.4 is 11.1 Å². The van der Waals surface area contributed by atoms with E-state index in [1.807, 2.05) is 31.5 Å². The lowest BCUT2D eigenvalue weighted by Gasteiger charge is -2.28. The van der Waals surface area contributed by atoms with Crippen LogP contribution in [0.4, 0.5) is 0 Å². The summed E-state index contributed by atoms with van der Waals surface area (Å²) < 4.78 is 2.02. The Hall–Kier alpha value is -1.36. The number of hydrogen-bond donors (Lipinski definition) is 2. The number of carbonyl (C=O) groups excluding carboxylic acids is 1. The molecule has 0 radical (unpaired) electrons. The summed E-state index contributed by atoms with van der Waals surface area (Å²) in [6.45, 7) is 7.72. The molecule has 0 unspecified atom stereocenters. The fourth-order valence-electron chi connectivity index (χ4n) is 2.07. The average molecular weight is 252 g/mol. The predicted molar refractivity (Wildman–Crippen MR) is 72.0 cm³/mol. The van der Waals surface area contributed by atoms with Gasteiger partial charge in [0.05, 0.1) is 5.41 Å². The Balaban J connectivity index is 2.48. The molecule has 0 aliphatic rings. The maximum absolute atomic E-state index is 12.2. The molecule has 0 fully saturated rings. The molecule has 0 atom stereocenters. The zero-order valence-electron chi connectivity index (χ0n) is 11.6. The van der Waals surface area contributed by atoms with Crippen LogP contribution in [0.25, 0.3) is 0 Å². The molecule has 102 valence electrons. The van der Waals surface area contributed by atoms with E-state index in [4.69, 9.17) is 5.73 Å². The first-order valence-electron chi connectivity index (χ1n) is 6.55. The van der Waals surface area contributed by atoms with Gasteiger partial charge in [-0.05, 0) is 19.8 Å². The summed E-state index contributed by atoms with van der Waals surface area (Å²) in [6.07, 6.45) is 5.22. The normalized spacial score (nSPS) is 11.6. The summed E-state index contributed by atoms with van der Waals surface area (Å²) in [4.78, 5) is 16.3. The number of nitrogens with zero attached hydrogens (tertiary/aromatic N) is 2. The molecule has 5 heteroatoms. The van der Waals surface area contributed by atoms with Crippen molar-refractivity contribution in [1.29, 1.82) is 0 Å². The topological polar surface area (TPSA) is 72.9 Å². The summed E-state index contributed by atoms with van der Waals surface area (Å²) >= 11 is 0. The Morgan fingerprint density at radius 2 is 2.17 bits per heavy atom. The molecule has 3 N–H and O–H groups in total. The van der Waals surface area contributed by atoms with E-state index in [9.17, 15) is 4.79 Å². The van der Waals surface area contributed by atoms with Crippen LogP contribution in [0.15, 0.2) is 12.4 Å². The third-order valence-corrected chi connectivity index (χ3v) is 3.79. The smallest absolute Gasteiger partial charge is 0.227 e. The van der Waals surface area contributed by atoms with Crippen molar-refractivity contribution in [3.8, 4) is 0 Å². The number of imidazole rings is 1. The molecule has 1 amide bonds. The number of aromatic nitrogens is 2. The average Bonchev–Trinajstić information content (AvgIpc) is 2.78. The quantitative estimate of drug-likeness (QED) is 0.762. The van der Waals surface area contributed by atoms with Crippen molar-refractivity contribution in [2.45, 2.75) is 40.2 Å². The maximum Gasteiger partial charge on any atom is 0.227 e. The van der Waals surface area contributed by atoms with Gasteiger partial charge in [0.25, 0.3) is 0 Å². The molecule has 0 aliphatic heterocycles. The van der Waals surface area contributed by atoms with Crippen LogP contribution in [0.2, 0.25) is 0 Å². The van der Waals surface area contributed by atoms with Crippen LogP contribution in [-0.4, -0.2) is 28.5 Å². The standard InChI is InChI=1S/C13H24N4O/c1-4-13(5-2,10-14)12(18)16-7-9-17-8-6-15-11(17)3/h6,8H,4-5,7,9-10,14H2,1-3H3,(H,16,18). The van der Waals surface area contributed by atoms with Crippen LogP contribution >= 0.6 is 0 Å². The zero-order chi connectivity index (χ0) is 13.6. The molecule has 0 aromatic carbocycles. The van der Waals surface area contributed by atoms with Crippen LogP contribution in [0, 0.1) is 12.3 Å². The van der Waals surface area contributed by atoms with Crippen molar-refractivity contribution in [2.24, 2.45) is 11.1 Å². The van der Waals surface area contributed by atoms with Gasteiger partial charge < -0.3 is 15.6 Å². The summed E-state index contributed by atoms with van der Waals surface area (Å²) in [5, 5.41) is 2.97. The van der Waals surface area contributed by atoms with Crippen molar-refractivity contribution in [3.63, 3.8) is 0 Å². The number of hydrogen-bond acceptors (Lipinski definition) is 3. The minimum absolute atomic E-state index is 0.0627. The molecule has 1 aromatic heterocycles. The third kappa shape index (κ3) is 3.10. The third-order valence-electron chi connectivity index (χ3n) is 3.79. The molecule has 0 bridgehead atoms. The molecule has 0 saturated carbocycles. The SMILES string of the molecule is CCC(CC)(CN)C(=O)NCCn1ccnc1C. The molecule has 0 aliphatic carbocycles. The summed E-state index contributed by atoms with van der Waals surface area (Å²) in [5.74, 6) is 1.02. The monoisotopic (exact) mass is 252 g/mol. The second-order valence-corrected chi connectivity index (χ2v) is 4.62. The first-order valence-corrected chi connectivity index (χ1v) is 6.55. The van der Waals surface area contributed by atoms with Gasteiger partial charge in [-0.1, -0.05) is 13.8 Å². The lowest BCUT2D eigenvalue weighted by molar-refractivity contribution is -0.131. The number of nitrogens with two attached hydrogens (primary N) is 1. The molecule has 1 rings (SSSR count). The van der Waals surface area contributed by atoms with E-state index in [-0.39, 0.29) is 5.91 Å². The van der Waals surface area contributed by atoms with Crippen LogP contribution in [0.5, 0.6) is 0 Å². The first-order chi connectivity index (χ1) is 8.59. The Morgan fingerprint density at radius 3 is 2.61 bits per heavy atom. The van der Waals surface area contributed by atoms with Gasteiger partial charge in [0.1, 0.15) is 5.82 Å². The number of carbonyl (C=O) groups is 1. The van der Waals surface area contributed by atoms with Gasteiger partial charge in [-0.15, -0.1) is 0 Å². The second-order valence-electron chi connectivity index (χ2n) is 4.62. The van der Waals surface area contributed by atoms with E-state index in [2.05, 4.69) is 10.3 Å². The van der Waals surface area contributed by atoms with Gasteiger partial charge in [-0.2, -0.15) is 0 Å². The highest BCUT2D eigenvalue weighted by atomic mass is 16.2. The largest absolute Gasteiger partial charge is 0.354 e. The Labute approximate surface area is 109 Å². The highest BCUT2D eigenvalue weighted by Gasteiger charge is 2.32. The van der Waals surface area contributed by atoms with Crippen LogP contribution in [0.3, 0.4) is 0 Å². The molecular weight excluding hydrogens is 228 g/mol.